The van der Waals surface area contributed by atoms with Crippen molar-refractivity contribution >= 4 is 17.7 Å². The van der Waals surface area contributed by atoms with Gasteiger partial charge in [-0.2, -0.15) is 0 Å². The van der Waals surface area contributed by atoms with Crippen LogP contribution in [0.5, 0.6) is 0 Å². The van der Waals surface area contributed by atoms with Crippen LogP contribution in [0.25, 0.3) is 6.08 Å². The molecule has 0 aliphatic carbocycles. The highest BCUT2D eigenvalue weighted by atomic mass is 16.4. The fourth-order valence-corrected chi connectivity index (χ4v) is 1.15. The van der Waals surface area contributed by atoms with Crippen LogP contribution < -0.4 is 11.3 Å². The van der Waals surface area contributed by atoms with E-state index >= 15 is 0 Å². The van der Waals surface area contributed by atoms with Crippen molar-refractivity contribution in [1.29, 1.82) is 0 Å². The molecule has 0 atom stereocenters. The lowest BCUT2D eigenvalue weighted by Gasteiger charge is -2.06. The van der Waals surface area contributed by atoms with E-state index in [1.165, 1.54) is 0 Å². The Morgan fingerprint density at radius 2 is 2.29 bits per heavy atom. The van der Waals surface area contributed by atoms with Crippen molar-refractivity contribution in [3.63, 3.8) is 0 Å². The zero-order chi connectivity index (χ0) is 10.6. The number of carboxylic acid groups (broad SMARTS) is 1. The van der Waals surface area contributed by atoms with Gasteiger partial charge in [-0.15, -0.1) is 0 Å². The Morgan fingerprint density at radius 1 is 1.57 bits per heavy atom. The van der Waals surface area contributed by atoms with Crippen molar-refractivity contribution in [2.45, 2.75) is 6.92 Å². The first-order chi connectivity index (χ1) is 6.65. The lowest BCUT2D eigenvalue weighted by atomic mass is 10.1. The lowest BCUT2D eigenvalue weighted by Crippen LogP contribution is -2.08. The Hall–Kier alpha value is -1.81. The van der Waals surface area contributed by atoms with Crippen molar-refractivity contribution in [2.24, 2.45) is 5.84 Å². The molecular formula is C10H12N2O2. The number of hydrogen-bond donors (Lipinski definition) is 3. The number of hydrazine groups is 1. The molecule has 0 spiro atoms. The van der Waals surface area contributed by atoms with Crippen molar-refractivity contribution in [3.05, 3.63) is 35.4 Å². The number of nitrogens with two attached hydrogens (primary N) is 1. The molecule has 4 heteroatoms. The maximum atomic E-state index is 10.3. The number of aliphatic carboxylic acids is 1. The number of nitrogen functional groups attached to an aromatic ring is 1. The molecule has 0 saturated heterocycles. The number of benzene rings is 1. The molecule has 0 unspecified atom stereocenters. The molecule has 0 heterocycles. The first-order valence-electron chi connectivity index (χ1n) is 4.12. The van der Waals surface area contributed by atoms with Gasteiger partial charge in [0.15, 0.2) is 0 Å². The molecule has 0 radical (unpaired) electrons. The van der Waals surface area contributed by atoms with Crippen molar-refractivity contribution < 1.29 is 9.90 Å². The monoisotopic (exact) mass is 192 g/mol. The molecule has 74 valence electrons. The molecular weight excluding hydrogens is 180 g/mol. The van der Waals surface area contributed by atoms with Crippen molar-refractivity contribution in [3.8, 4) is 0 Å². The van der Waals surface area contributed by atoms with Gasteiger partial charge in [0.05, 0.1) is 5.69 Å². The number of anilines is 1. The van der Waals surface area contributed by atoms with Gasteiger partial charge in [0.1, 0.15) is 0 Å². The molecule has 0 aliphatic heterocycles. The zero-order valence-electron chi connectivity index (χ0n) is 7.82. The van der Waals surface area contributed by atoms with Crippen LogP contribution in [0.3, 0.4) is 0 Å². The summed E-state index contributed by atoms with van der Waals surface area (Å²) in [7, 11) is 0. The second-order valence-corrected chi connectivity index (χ2v) is 2.84. The molecule has 1 aromatic rings. The van der Waals surface area contributed by atoms with Crippen LogP contribution in [-0.4, -0.2) is 11.1 Å². The summed E-state index contributed by atoms with van der Waals surface area (Å²) in [6.45, 7) is 1.87. The van der Waals surface area contributed by atoms with Crippen LogP contribution in [0.4, 0.5) is 5.69 Å². The van der Waals surface area contributed by atoms with Gasteiger partial charge in [0.25, 0.3) is 0 Å². The first kappa shape index (κ1) is 10.3. The Balaban J connectivity index is 3.03. The lowest BCUT2D eigenvalue weighted by molar-refractivity contribution is -0.131. The summed E-state index contributed by atoms with van der Waals surface area (Å²) in [5.74, 6) is 4.32. The SMILES string of the molecule is Cc1c(/C=C/C(=O)O)cccc1NN. The third-order valence-electron chi connectivity index (χ3n) is 1.94. The van der Waals surface area contributed by atoms with Crippen LogP contribution in [0.2, 0.25) is 0 Å². The average Bonchev–Trinajstić information content (AvgIpc) is 2.16. The maximum Gasteiger partial charge on any atom is 0.328 e. The molecule has 4 nitrogen and oxygen atoms in total. The van der Waals surface area contributed by atoms with E-state index < -0.39 is 5.97 Å². The van der Waals surface area contributed by atoms with Gasteiger partial charge in [-0.3, -0.25) is 5.84 Å². The zero-order valence-corrected chi connectivity index (χ0v) is 7.82. The number of nitrogens with one attached hydrogen (secondary N) is 1. The van der Waals surface area contributed by atoms with E-state index in [0.29, 0.717) is 0 Å². The fourth-order valence-electron chi connectivity index (χ4n) is 1.15. The normalized spacial score (nSPS) is 10.4. The highest BCUT2D eigenvalue weighted by molar-refractivity contribution is 5.86. The van der Waals surface area contributed by atoms with E-state index in [1.54, 1.807) is 6.08 Å². The minimum atomic E-state index is -0.962. The van der Waals surface area contributed by atoms with Crippen LogP contribution >= 0.6 is 0 Å². The van der Waals surface area contributed by atoms with Gasteiger partial charge in [0, 0.05) is 6.08 Å². The topological polar surface area (TPSA) is 75.3 Å². The van der Waals surface area contributed by atoms with Crippen LogP contribution in [0.15, 0.2) is 24.3 Å². The largest absolute Gasteiger partial charge is 0.478 e. The predicted molar refractivity (Wildman–Crippen MR) is 55.7 cm³/mol. The van der Waals surface area contributed by atoms with E-state index in [0.717, 1.165) is 22.9 Å². The molecule has 0 bridgehead atoms. The Labute approximate surface area is 82.0 Å². The second kappa shape index (κ2) is 4.43. The Morgan fingerprint density at radius 3 is 2.86 bits per heavy atom. The molecule has 4 N–H and O–H groups in total. The quantitative estimate of drug-likeness (QED) is 0.384. The number of hydrogen-bond acceptors (Lipinski definition) is 3. The molecule has 0 saturated carbocycles. The third kappa shape index (κ3) is 2.34. The number of carbonyl (C=O) groups is 1. The minimum Gasteiger partial charge on any atom is -0.478 e. The van der Waals surface area contributed by atoms with E-state index in [9.17, 15) is 4.79 Å². The molecule has 0 amide bonds. The van der Waals surface area contributed by atoms with Gasteiger partial charge < -0.3 is 10.5 Å². The van der Waals surface area contributed by atoms with Crippen LogP contribution in [0, 0.1) is 6.92 Å². The first-order valence-corrected chi connectivity index (χ1v) is 4.12. The Kier molecular flexibility index (Phi) is 3.25. The summed E-state index contributed by atoms with van der Waals surface area (Å²) >= 11 is 0. The average molecular weight is 192 g/mol. The highest BCUT2D eigenvalue weighted by Gasteiger charge is 1.99. The van der Waals surface area contributed by atoms with Gasteiger partial charge in [0.2, 0.25) is 0 Å². The third-order valence-corrected chi connectivity index (χ3v) is 1.94. The maximum absolute atomic E-state index is 10.3. The minimum absolute atomic E-state index is 0.789. The summed E-state index contributed by atoms with van der Waals surface area (Å²) < 4.78 is 0. The predicted octanol–water partition coefficient (Wildman–Crippen LogP) is 1.38. The molecule has 1 rings (SSSR count). The summed E-state index contributed by atoms with van der Waals surface area (Å²) in [5.41, 5.74) is 5.09. The van der Waals surface area contributed by atoms with Gasteiger partial charge in [-0.05, 0) is 30.2 Å². The van der Waals surface area contributed by atoms with E-state index in [2.05, 4.69) is 5.43 Å². The van der Waals surface area contributed by atoms with E-state index in [4.69, 9.17) is 10.9 Å². The summed E-state index contributed by atoms with van der Waals surface area (Å²) in [4.78, 5) is 10.3. The molecule has 1 aromatic carbocycles. The highest BCUT2D eigenvalue weighted by Crippen LogP contribution is 2.18. The van der Waals surface area contributed by atoms with Crippen LogP contribution in [0.1, 0.15) is 11.1 Å². The molecule has 0 aliphatic rings. The molecule has 0 aromatic heterocycles. The smallest absolute Gasteiger partial charge is 0.328 e. The fraction of sp³-hybridized carbons (Fsp3) is 0.100. The number of rotatable bonds is 3. The van der Waals surface area contributed by atoms with Gasteiger partial charge >= 0.3 is 5.97 Å². The summed E-state index contributed by atoms with van der Waals surface area (Å²) in [5, 5.41) is 8.47. The van der Waals surface area contributed by atoms with Crippen LogP contribution in [-0.2, 0) is 4.79 Å². The Bertz CT molecular complexity index is 372. The van der Waals surface area contributed by atoms with Gasteiger partial charge in [-0.25, -0.2) is 4.79 Å². The van der Waals surface area contributed by atoms with E-state index in [1.807, 2.05) is 25.1 Å². The van der Waals surface area contributed by atoms with Gasteiger partial charge in [-0.1, -0.05) is 12.1 Å². The van der Waals surface area contributed by atoms with Crippen molar-refractivity contribution in [2.75, 3.05) is 5.43 Å². The molecule has 0 fully saturated rings. The van der Waals surface area contributed by atoms with Crippen molar-refractivity contribution in [1.82, 2.24) is 0 Å². The summed E-state index contributed by atoms with van der Waals surface area (Å²) in [6.07, 6.45) is 2.64. The molecule has 14 heavy (non-hydrogen) atoms. The number of carboxylic acids is 1. The summed E-state index contributed by atoms with van der Waals surface area (Å²) in [6, 6.07) is 5.47. The standard InChI is InChI=1S/C10H12N2O2/c1-7-8(5-6-10(13)14)3-2-4-9(7)12-11/h2-6,12H,11H2,1H3,(H,13,14)/b6-5+. The van der Waals surface area contributed by atoms with E-state index in [-0.39, 0.29) is 0 Å². The second-order valence-electron chi connectivity index (χ2n) is 2.84.